The first-order chi connectivity index (χ1) is 16.4. The molecule has 0 unspecified atom stereocenters. The molecule has 0 fully saturated rings. The van der Waals surface area contributed by atoms with Crippen LogP contribution in [0.25, 0.3) is 0 Å². The minimum atomic E-state index is -0.889. The van der Waals surface area contributed by atoms with Gasteiger partial charge in [0.25, 0.3) is 0 Å². The van der Waals surface area contributed by atoms with Crippen molar-refractivity contribution in [1.82, 2.24) is 15.5 Å². The molecule has 11 nitrogen and oxygen atoms in total. The largest absolute Gasteiger partial charge is 0.448 e. The van der Waals surface area contributed by atoms with Gasteiger partial charge in [0.2, 0.25) is 11.8 Å². The Morgan fingerprint density at radius 3 is 2.03 bits per heavy atom. The van der Waals surface area contributed by atoms with Crippen LogP contribution in [-0.4, -0.2) is 81.3 Å². The number of nitrogens with one attached hydrogen (secondary N) is 2. The van der Waals surface area contributed by atoms with Crippen LogP contribution in [-0.2, 0) is 14.3 Å². The van der Waals surface area contributed by atoms with Gasteiger partial charge < -0.3 is 43.2 Å². The number of nitrogens with two attached hydrogens (primary N) is 4. The van der Waals surface area contributed by atoms with Crippen LogP contribution in [0, 0.1) is 0 Å². The summed E-state index contributed by atoms with van der Waals surface area (Å²) in [5, 5.41) is 6.05. The molecule has 0 aromatic carbocycles. The first-order valence-corrected chi connectivity index (χ1v) is 12.7. The zero-order chi connectivity index (χ0) is 25.4. The van der Waals surface area contributed by atoms with Crippen LogP contribution in [0.3, 0.4) is 0 Å². The van der Waals surface area contributed by atoms with E-state index in [0.29, 0.717) is 26.1 Å². The zero-order valence-corrected chi connectivity index (χ0v) is 20.9. The van der Waals surface area contributed by atoms with Gasteiger partial charge in [-0.3, -0.25) is 9.59 Å². The topological polar surface area (TPSA) is 192 Å². The highest BCUT2D eigenvalue weighted by molar-refractivity contribution is 5.85. The highest BCUT2D eigenvalue weighted by atomic mass is 16.5. The van der Waals surface area contributed by atoms with Crippen molar-refractivity contribution in [2.45, 2.75) is 76.7 Å². The molecule has 0 heterocycles. The van der Waals surface area contributed by atoms with Crippen molar-refractivity contribution in [1.29, 1.82) is 0 Å². The van der Waals surface area contributed by atoms with E-state index in [2.05, 4.69) is 10.6 Å². The lowest BCUT2D eigenvalue weighted by Crippen LogP contribution is -2.48. The zero-order valence-electron chi connectivity index (χ0n) is 20.9. The van der Waals surface area contributed by atoms with Crippen molar-refractivity contribution in [3.8, 4) is 0 Å². The Hall–Kier alpha value is -1.95. The van der Waals surface area contributed by atoms with Gasteiger partial charge in [-0.15, -0.1) is 0 Å². The summed E-state index contributed by atoms with van der Waals surface area (Å²) < 4.78 is 4.87. The lowest BCUT2D eigenvalue weighted by atomic mass is 10.1. The maximum absolute atomic E-state index is 12.8. The van der Waals surface area contributed by atoms with E-state index in [0.717, 1.165) is 77.3 Å². The summed E-state index contributed by atoms with van der Waals surface area (Å²) in [6, 6.07) is -0.377. The fourth-order valence-electron chi connectivity index (χ4n) is 3.51. The van der Waals surface area contributed by atoms with Gasteiger partial charge in [0, 0.05) is 6.54 Å². The van der Waals surface area contributed by atoms with E-state index >= 15 is 0 Å². The van der Waals surface area contributed by atoms with Crippen LogP contribution >= 0.6 is 0 Å². The quantitative estimate of drug-likeness (QED) is 0.110. The monoisotopic (exact) mass is 487 g/mol. The molecule has 0 bridgehead atoms. The average Bonchev–Trinajstić information content (AvgIpc) is 2.81. The third-order valence-electron chi connectivity index (χ3n) is 5.45. The second kappa shape index (κ2) is 22.8. The number of amides is 3. The van der Waals surface area contributed by atoms with Crippen LogP contribution in [0.4, 0.5) is 4.79 Å². The molecule has 0 aromatic heterocycles. The van der Waals surface area contributed by atoms with Crippen molar-refractivity contribution in [2.24, 2.45) is 22.9 Å². The molecule has 0 saturated carbocycles. The van der Waals surface area contributed by atoms with E-state index in [1.807, 2.05) is 0 Å². The number of rotatable bonds is 23. The van der Waals surface area contributed by atoms with Crippen LogP contribution in [0.15, 0.2) is 0 Å². The highest BCUT2D eigenvalue weighted by Gasteiger charge is 2.20. The molecule has 34 heavy (non-hydrogen) atoms. The van der Waals surface area contributed by atoms with Crippen LogP contribution in [0.1, 0.15) is 70.6 Å². The molecule has 0 aliphatic rings. The Kier molecular flexibility index (Phi) is 21.5. The number of hydrogen-bond donors (Lipinski definition) is 6. The van der Waals surface area contributed by atoms with Gasteiger partial charge in [-0.1, -0.05) is 32.1 Å². The molecule has 0 saturated heterocycles. The maximum Gasteiger partial charge on any atom is 0.404 e. The Labute approximate surface area is 205 Å². The van der Waals surface area contributed by atoms with Gasteiger partial charge >= 0.3 is 6.09 Å². The maximum atomic E-state index is 12.8. The van der Waals surface area contributed by atoms with Gasteiger partial charge in [-0.25, -0.2) is 4.79 Å². The third-order valence-corrected chi connectivity index (χ3v) is 5.45. The van der Waals surface area contributed by atoms with Gasteiger partial charge in [-0.2, -0.15) is 0 Å². The number of primary amides is 1. The van der Waals surface area contributed by atoms with E-state index < -0.39 is 6.09 Å². The fourth-order valence-corrected chi connectivity index (χ4v) is 3.51. The van der Waals surface area contributed by atoms with Crippen molar-refractivity contribution in [3.05, 3.63) is 0 Å². The number of carbonyl (C=O) groups excluding carboxylic acids is 3. The lowest BCUT2D eigenvalue weighted by Gasteiger charge is -2.24. The summed E-state index contributed by atoms with van der Waals surface area (Å²) in [6.45, 7) is 3.26. The Morgan fingerprint density at radius 1 is 0.794 bits per heavy atom. The number of ether oxygens (including phenoxy) is 1. The Bertz CT molecular complexity index is 537. The molecule has 0 radical (unpaired) electrons. The molecular weight excluding hydrogens is 438 g/mol. The van der Waals surface area contributed by atoms with E-state index in [-0.39, 0.29) is 37.6 Å². The molecule has 10 N–H and O–H groups in total. The van der Waals surface area contributed by atoms with E-state index in [9.17, 15) is 14.4 Å². The minimum Gasteiger partial charge on any atom is -0.448 e. The number of unbranched alkanes of at least 4 members (excludes halogenated alkanes) is 7. The van der Waals surface area contributed by atoms with Crippen LogP contribution < -0.4 is 33.6 Å². The molecular formula is C23H49N7O4. The summed E-state index contributed by atoms with van der Waals surface area (Å²) in [7, 11) is 0. The summed E-state index contributed by atoms with van der Waals surface area (Å²) in [6.07, 6.45) is 9.28. The van der Waals surface area contributed by atoms with Crippen molar-refractivity contribution in [3.63, 3.8) is 0 Å². The molecule has 0 aromatic rings. The van der Waals surface area contributed by atoms with E-state index in [4.69, 9.17) is 27.7 Å². The van der Waals surface area contributed by atoms with Crippen LogP contribution in [0.2, 0.25) is 0 Å². The Morgan fingerprint density at radius 2 is 1.38 bits per heavy atom. The summed E-state index contributed by atoms with van der Waals surface area (Å²) in [4.78, 5) is 38.0. The molecule has 11 heteroatoms. The first kappa shape index (κ1) is 32.0. The second-order valence-electron chi connectivity index (χ2n) is 8.58. The highest BCUT2D eigenvalue weighted by Crippen LogP contribution is 2.04. The average molecular weight is 488 g/mol. The summed E-state index contributed by atoms with van der Waals surface area (Å²) in [5.74, 6) is -0.406. The SMILES string of the molecule is NCCCCCCCNCC(=O)N(CCCCCN)CC(=O)N[C@H](CCCCN)COC(N)=O. The first-order valence-electron chi connectivity index (χ1n) is 12.7. The van der Waals surface area contributed by atoms with E-state index in [1.165, 1.54) is 0 Å². The molecule has 1 atom stereocenters. The molecule has 200 valence electrons. The molecule has 0 rings (SSSR count). The number of carbonyl (C=O) groups is 3. The molecule has 0 aliphatic carbocycles. The van der Waals surface area contributed by atoms with Gasteiger partial charge in [0.1, 0.15) is 6.61 Å². The normalized spacial score (nSPS) is 11.7. The summed E-state index contributed by atoms with van der Waals surface area (Å²) >= 11 is 0. The van der Waals surface area contributed by atoms with Crippen LogP contribution in [0.5, 0.6) is 0 Å². The van der Waals surface area contributed by atoms with Gasteiger partial charge in [0.15, 0.2) is 0 Å². The smallest absolute Gasteiger partial charge is 0.404 e. The van der Waals surface area contributed by atoms with Gasteiger partial charge in [-0.05, 0) is 64.7 Å². The van der Waals surface area contributed by atoms with E-state index in [1.54, 1.807) is 4.90 Å². The predicted octanol–water partition coefficient (Wildman–Crippen LogP) is 0.152. The predicted molar refractivity (Wildman–Crippen MR) is 135 cm³/mol. The van der Waals surface area contributed by atoms with Gasteiger partial charge in [0.05, 0.1) is 19.1 Å². The van der Waals surface area contributed by atoms with Crippen molar-refractivity contribution < 1.29 is 19.1 Å². The number of nitrogens with zero attached hydrogens (tertiary/aromatic N) is 1. The summed E-state index contributed by atoms with van der Waals surface area (Å²) in [5.41, 5.74) is 21.7. The molecule has 0 aliphatic heterocycles. The third kappa shape index (κ3) is 19.5. The molecule has 3 amide bonds. The van der Waals surface area contributed by atoms with Crippen molar-refractivity contribution >= 4 is 17.9 Å². The van der Waals surface area contributed by atoms with Crippen molar-refractivity contribution in [2.75, 3.05) is 52.4 Å². The fraction of sp³-hybridized carbons (Fsp3) is 0.870. The molecule has 0 spiro atoms. The minimum absolute atomic E-state index is 0.0110. The lowest BCUT2D eigenvalue weighted by molar-refractivity contribution is -0.135. The Balaban J connectivity index is 4.64. The second-order valence-corrected chi connectivity index (χ2v) is 8.58. The standard InChI is InChI=1S/C23H49N7O4/c24-12-6-2-1-3-9-15-28-17-22(32)30(16-10-4-7-13-25)18-21(31)29-20(11-5-8-14-26)19-34-23(27)33/h20,28H,1-19,24-26H2,(H2,27,33)(H,29,31)/t20-/m1/s1. The number of hydrogen-bond acceptors (Lipinski definition) is 8.